The molecule has 0 rings (SSSR count). The van der Waals surface area contributed by atoms with Crippen LogP contribution in [0, 0.1) is 0 Å². The van der Waals surface area contributed by atoms with E-state index in [0.717, 1.165) is 12.7 Å². The standard InChI is InChI=1S/C6H14OSi.C4H6O2/c1-5-7-8(3,4)6-2;1-3-4(5)6-2/h6H,2,5H2,1,3-4H3;3H,1H2,2H3. The predicted molar refractivity (Wildman–Crippen MR) is 61.5 cm³/mol. The number of methoxy groups -OCH3 is 1. The molecule has 0 N–H and O–H groups in total. The molecule has 0 unspecified atom stereocenters. The second-order valence-corrected chi connectivity index (χ2v) is 6.87. The Morgan fingerprint density at radius 2 is 1.93 bits per heavy atom. The number of carbonyl (C=O) groups excluding carboxylic acids is 1. The van der Waals surface area contributed by atoms with Gasteiger partial charge in [-0.2, -0.15) is 0 Å². The van der Waals surface area contributed by atoms with Gasteiger partial charge in [-0.05, 0) is 20.0 Å². The van der Waals surface area contributed by atoms with E-state index in [1.54, 1.807) is 0 Å². The first kappa shape index (κ1) is 15.6. The first-order chi connectivity index (χ1) is 6.43. The highest BCUT2D eigenvalue weighted by molar-refractivity contribution is 6.76. The number of hydrogen-bond acceptors (Lipinski definition) is 3. The van der Waals surface area contributed by atoms with E-state index in [-0.39, 0.29) is 0 Å². The Balaban J connectivity index is 0. The van der Waals surface area contributed by atoms with Crippen LogP contribution in [0.5, 0.6) is 0 Å². The van der Waals surface area contributed by atoms with Crippen molar-refractivity contribution in [1.29, 1.82) is 0 Å². The van der Waals surface area contributed by atoms with Crippen LogP contribution in [0.15, 0.2) is 24.9 Å². The van der Waals surface area contributed by atoms with Crippen LogP contribution in [0.25, 0.3) is 0 Å². The summed E-state index contributed by atoms with van der Waals surface area (Å²) in [5, 5.41) is 0. The summed E-state index contributed by atoms with van der Waals surface area (Å²) in [7, 11) is -0.104. The lowest BCUT2D eigenvalue weighted by Crippen LogP contribution is -2.27. The highest BCUT2D eigenvalue weighted by Gasteiger charge is 2.14. The number of rotatable bonds is 4. The van der Waals surface area contributed by atoms with E-state index in [2.05, 4.69) is 31.0 Å². The molecule has 0 spiro atoms. The van der Waals surface area contributed by atoms with Crippen molar-refractivity contribution >= 4 is 14.3 Å². The normalized spacial score (nSPS) is 9.43. The van der Waals surface area contributed by atoms with Crippen LogP contribution >= 0.6 is 0 Å². The molecule has 0 aliphatic carbocycles. The van der Waals surface area contributed by atoms with E-state index in [4.69, 9.17) is 4.43 Å². The maximum absolute atomic E-state index is 9.84. The highest BCUT2D eigenvalue weighted by atomic mass is 28.4. The minimum absolute atomic E-state index is 0.394. The zero-order valence-corrected chi connectivity index (χ0v) is 10.5. The molecule has 0 radical (unpaired) electrons. The van der Waals surface area contributed by atoms with Gasteiger partial charge in [0, 0.05) is 12.7 Å². The Kier molecular flexibility index (Phi) is 9.70. The Hall–Kier alpha value is -0.873. The molecular weight excluding hydrogens is 196 g/mol. The lowest BCUT2D eigenvalue weighted by atomic mass is 10.7. The minimum Gasteiger partial charge on any atom is -0.466 e. The van der Waals surface area contributed by atoms with E-state index in [9.17, 15) is 4.79 Å². The first-order valence-corrected chi connectivity index (χ1v) is 7.40. The third kappa shape index (κ3) is 11.1. The zero-order valence-electron chi connectivity index (χ0n) is 9.50. The third-order valence-electron chi connectivity index (χ3n) is 1.38. The third-order valence-corrected chi connectivity index (χ3v) is 3.39. The highest BCUT2D eigenvalue weighted by Crippen LogP contribution is 2.02. The van der Waals surface area contributed by atoms with Gasteiger partial charge < -0.3 is 9.16 Å². The SMILES string of the molecule is C=CC(=O)OC.C=C[Si](C)(C)OCC. The van der Waals surface area contributed by atoms with Crippen molar-refractivity contribution in [2.75, 3.05) is 13.7 Å². The van der Waals surface area contributed by atoms with Crippen molar-refractivity contribution in [2.24, 2.45) is 0 Å². The van der Waals surface area contributed by atoms with Crippen molar-refractivity contribution < 1.29 is 14.0 Å². The monoisotopic (exact) mass is 216 g/mol. The van der Waals surface area contributed by atoms with Crippen LogP contribution in [-0.4, -0.2) is 28.0 Å². The average Bonchev–Trinajstić information content (AvgIpc) is 2.17. The summed E-state index contributed by atoms with van der Waals surface area (Å²) in [6, 6.07) is 0. The Morgan fingerprint density at radius 1 is 1.43 bits per heavy atom. The fraction of sp³-hybridized carbons (Fsp3) is 0.500. The lowest BCUT2D eigenvalue weighted by molar-refractivity contribution is -0.134. The molecule has 0 aromatic rings. The molecule has 0 bridgehead atoms. The van der Waals surface area contributed by atoms with Gasteiger partial charge in [0.2, 0.25) is 8.32 Å². The van der Waals surface area contributed by atoms with Gasteiger partial charge in [0.1, 0.15) is 0 Å². The molecular formula is C10H20O3Si. The molecule has 3 nitrogen and oxygen atoms in total. The van der Waals surface area contributed by atoms with Crippen molar-refractivity contribution in [3.05, 3.63) is 24.9 Å². The summed E-state index contributed by atoms with van der Waals surface area (Å²) in [6.07, 6.45) is 1.11. The molecule has 0 atom stereocenters. The Bertz CT molecular complexity index is 188. The smallest absolute Gasteiger partial charge is 0.329 e. The zero-order chi connectivity index (χ0) is 11.6. The van der Waals surface area contributed by atoms with Crippen molar-refractivity contribution in [3.8, 4) is 0 Å². The largest absolute Gasteiger partial charge is 0.466 e. The molecule has 82 valence electrons. The van der Waals surface area contributed by atoms with Crippen LogP contribution in [0.1, 0.15) is 6.92 Å². The number of carbonyl (C=O) groups is 1. The summed E-state index contributed by atoms with van der Waals surface area (Å²) in [5.74, 6) is -0.394. The Morgan fingerprint density at radius 3 is 2.00 bits per heavy atom. The number of hydrogen-bond donors (Lipinski definition) is 0. The maximum atomic E-state index is 9.84. The van der Waals surface area contributed by atoms with Crippen LogP contribution < -0.4 is 0 Å². The van der Waals surface area contributed by atoms with Gasteiger partial charge in [-0.15, -0.1) is 6.58 Å². The second kappa shape index (κ2) is 8.71. The lowest BCUT2D eigenvalue weighted by Gasteiger charge is -2.15. The summed E-state index contributed by atoms with van der Waals surface area (Å²) in [4.78, 5) is 9.84. The molecule has 0 aliphatic rings. The molecule has 0 aliphatic heterocycles. The van der Waals surface area contributed by atoms with E-state index in [1.807, 2.05) is 12.6 Å². The van der Waals surface area contributed by atoms with E-state index >= 15 is 0 Å². The molecule has 0 amide bonds. The molecule has 0 saturated heterocycles. The van der Waals surface area contributed by atoms with Crippen LogP contribution in [0.3, 0.4) is 0 Å². The summed E-state index contributed by atoms with van der Waals surface area (Å²) >= 11 is 0. The molecule has 0 aromatic carbocycles. The molecule has 0 aromatic heterocycles. The van der Waals surface area contributed by atoms with Gasteiger partial charge in [0.15, 0.2) is 0 Å². The fourth-order valence-electron chi connectivity index (χ4n) is 0.514. The van der Waals surface area contributed by atoms with Gasteiger partial charge in [0.05, 0.1) is 7.11 Å². The average molecular weight is 216 g/mol. The molecule has 4 heteroatoms. The topological polar surface area (TPSA) is 35.5 Å². The summed E-state index contributed by atoms with van der Waals surface area (Å²) < 4.78 is 9.54. The Labute approximate surface area is 87.5 Å². The van der Waals surface area contributed by atoms with Crippen molar-refractivity contribution in [2.45, 2.75) is 20.0 Å². The van der Waals surface area contributed by atoms with E-state index in [0.29, 0.717) is 0 Å². The van der Waals surface area contributed by atoms with Gasteiger partial charge in [0.25, 0.3) is 0 Å². The molecule has 0 fully saturated rings. The number of ether oxygens (including phenoxy) is 1. The van der Waals surface area contributed by atoms with Gasteiger partial charge in [-0.25, -0.2) is 4.79 Å². The van der Waals surface area contributed by atoms with Crippen molar-refractivity contribution in [3.63, 3.8) is 0 Å². The maximum Gasteiger partial charge on any atom is 0.329 e. The summed E-state index contributed by atoms with van der Waals surface area (Å²) in [5.41, 5.74) is 1.94. The van der Waals surface area contributed by atoms with Crippen LogP contribution in [-0.2, 0) is 14.0 Å². The minimum atomic E-state index is -1.41. The van der Waals surface area contributed by atoms with Crippen LogP contribution in [0.2, 0.25) is 13.1 Å². The van der Waals surface area contributed by atoms with Gasteiger partial charge >= 0.3 is 5.97 Å². The fourth-order valence-corrected chi connectivity index (χ4v) is 1.38. The molecule has 0 saturated carbocycles. The summed E-state index contributed by atoms with van der Waals surface area (Å²) in [6.45, 7) is 13.9. The van der Waals surface area contributed by atoms with Gasteiger partial charge in [-0.1, -0.05) is 12.3 Å². The first-order valence-electron chi connectivity index (χ1n) is 4.41. The van der Waals surface area contributed by atoms with Crippen molar-refractivity contribution in [1.82, 2.24) is 0 Å². The van der Waals surface area contributed by atoms with Crippen LogP contribution in [0.4, 0.5) is 0 Å². The van der Waals surface area contributed by atoms with Gasteiger partial charge in [-0.3, -0.25) is 0 Å². The molecule has 0 heterocycles. The quantitative estimate of drug-likeness (QED) is 0.411. The second-order valence-electron chi connectivity index (χ2n) is 2.97. The predicted octanol–water partition coefficient (Wildman–Crippen LogP) is 2.30. The van der Waals surface area contributed by atoms with E-state index in [1.165, 1.54) is 7.11 Å². The molecule has 14 heavy (non-hydrogen) atoms. The number of esters is 1. The van der Waals surface area contributed by atoms with E-state index < -0.39 is 14.3 Å².